The van der Waals surface area contributed by atoms with Gasteiger partial charge in [-0.05, 0) is 49.6 Å². The monoisotopic (exact) mass is 164 g/mol. The minimum absolute atomic E-state index is 0.170. The summed E-state index contributed by atoms with van der Waals surface area (Å²) in [4.78, 5) is 0. The SMILES string of the molecule is CC=C(C)c1cc(F)ccc1C. The molecule has 0 aliphatic carbocycles. The summed E-state index contributed by atoms with van der Waals surface area (Å²) in [6, 6.07) is 4.87. The van der Waals surface area contributed by atoms with Gasteiger partial charge in [-0.25, -0.2) is 4.39 Å². The molecule has 0 aromatic heterocycles. The number of halogens is 1. The fourth-order valence-corrected chi connectivity index (χ4v) is 1.17. The summed E-state index contributed by atoms with van der Waals surface area (Å²) in [6.07, 6.45) is 1.99. The first-order chi connectivity index (χ1) is 5.65. The van der Waals surface area contributed by atoms with Gasteiger partial charge in [0.25, 0.3) is 0 Å². The van der Waals surface area contributed by atoms with Crippen LogP contribution in [0.15, 0.2) is 24.3 Å². The molecular formula is C11H13F. The molecule has 0 saturated heterocycles. The quantitative estimate of drug-likeness (QED) is 0.595. The normalized spacial score (nSPS) is 11.8. The van der Waals surface area contributed by atoms with Crippen LogP contribution in [0.25, 0.3) is 5.57 Å². The molecule has 1 heteroatoms. The molecular weight excluding hydrogens is 151 g/mol. The average Bonchev–Trinajstić information content (AvgIpc) is 2.08. The highest BCUT2D eigenvalue weighted by Crippen LogP contribution is 2.18. The standard InChI is InChI=1S/C11H13F/c1-4-8(2)11-7-10(12)6-5-9(11)3/h4-7H,1-3H3. The molecule has 0 amide bonds. The lowest BCUT2D eigenvalue weighted by Crippen LogP contribution is -1.86. The second kappa shape index (κ2) is 3.53. The molecule has 0 aliphatic heterocycles. The van der Waals surface area contributed by atoms with Gasteiger partial charge in [0, 0.05) is 0 Å². The molecule has 0 N–H and O–H groups in total. The van der Waals surface area contributed by atoms with Gasteiger partial charge in [-0.3, -0.25) is 0 Å². The van der Waals surface area contributed by atoms with E-state index in [9.17, 15) is 4.39 Å². The van der Waals surface area contributed by atoms with Crippen LogP contribution in [0.1, 0.15) is 25.0 Å². The van der Waals surface area contributed by atoms with Crippen LogP contribution >= 0.6 is 0 Å². The average molecular weight is 164 g/mol. The first-order valence-electron chi connectivity index (χ1n) is 4.04. The van der Waals surface area contributed by atoms with Crippen LogP contribution in [0.4, 0.5) is 4.39 Å². The van der Waals surface area contributed by atoms with Gasteiger partial charge in [0.1, 0.15) is 5.82 Å². The van der Waals surface area contributed by atoms with Crippen molar-refractivity contribution in [2.24, 2.45) is 0 Å². The minimum atomic E-state index is -0.170. The molecule has 0 atom stereocenters. The Balaban J connectivity index is 3.23. The third-order valence-electron chi connectivity index (χ3n) is 2.06. The summed E-state index contributed by atoms with van der Waals surface area (Å²) >= 11 is 0. The van der Waals surface area contributed by atoms with Crippen molar-refractivity contribution in [3.05, 3.63) is 41.2 Å². The van der Waals surface area contributed by atoms with E-state index in [1.165, 1.54) is 6.07 Å². The van der Waals surface area contributed by atoms with Gasteiger partial charge < -0.3 is 0 Å². The highest BCUT2D eigenvalue weighted by Gasteiger charge is 2.00. The van der Waals surface area contributed by atoms with E-state index in [-0.39, 0.29) is 5.82 Å². The van der Waals surface area contributed by atoms with Crippen molar-refractivity contribution in [2.45, 2.75) is 20.8 Å². The molecule has 0 bridgehead atoms. The van der Waals surface area contributed by atoms with Crippen molar-refractivity contribution < 1.29 is 4.39 Å². The lowest BCUT2D eigenvalue weighted by Gasteiger charge is -2.04. The molecule has 0 aliphatic rings. The van der Waals surface area contributed by atoms with Gasteiger partial charge in [-0.2, -0.15) is 0 Å². The number of allylic oxidation sites excluding steroid dienone is 2. The van der Waals surface area contributed by atoms with Crippen LogP contribution in [-0.4, -0.2) is 0 Å². The van der Waals surface area contributed by atoms with E-state index in [1.54, 1.807) is 12.1 Å². The van der Waals surface area contributed by atoms with Crippen LogP contribution in [-0.2, 0) is 0 Å². The van der Waals surface area contributed by atoms with Gasteiger partial charge in [0.2, 0.25) is 0 Å². The summed E-state index contributed by atoms with van der Waals surface area (Å²) in [7, 11) is 0. The first-order valence-corrected chi connectivity index (χ1v) is 4.04. The van der Waals surface area contributed by atoms with Crippen LogP contribution in [0, 0.1) is 12.7 Å². The zero-order valence-electron chi connectivity index (χ0n) is 7.69. The summed E-state index contributed by atoms with van der Waals surface area (Å²) in [5, 5.41) is 0. The molecule has 0 nitrogen and oxygen atoms in total. The fourth-order valence-electron chi connectivity index (χ4n) is 1.17. The van der Waals surface area contributed by atoms with Crippen LogP contribution in [0.5, 0.6) is 0 Å². The van der Waals surface area contributed by atoms with Crippen molar-refractivity contribution >= 4 is 5.57 Å². The Morgan fingerprint density at radius 1 is 1.42 bits per heavy atom. The Labute approximate surface area is 72.7 Å². The molecule has 12 heavy (non-hydrogen) atoms. The summed E-state index contributed by atoms with van der Waals surface area (Å²) in [5.74, 6) is -0.170. The summed E-state index contributed by atoms with van der Waals surface area (Å²) in [5.41, 5.74) is 3.23. The van der Waals surface area contributed by atoms with Crippen LogP contribution in [0.3, 0.4) is 0 Å². The van der Waals surface area contributed by atoms with Gasteiger partial charge in [0.15, 0.2) is 0 Å². The fraction of sp³-hybridized carbons (Fsp3) is 0.273. The highest BCUT2D eigenvalue weighted by molar-refractivity contribution is 5.66. The smallest absolute Gasteiger partial charge is 0.123 e. The summed E-state index contributed by atoms with van der Waals surface area (Å²) in [6.45, 7) is 5.93. The van der Waals surface area contributed by atoms with Crippen molar-refractivity contribution in [2.75, 3.05) is 0 Å². The molecule has 1 rings (SSSR count). The Morgan fingerprint density at radius 3 is 2.67 bits per heavy atom. The van der Waals surface area contributed by atoms with Crippen molar-refractivity contribution in [1.29, 1.82) is 0 Å². The minimum Gasteiger partial charge on any atom is -0.207 e. The van der Waals surface area contributed by atoms with Crippen LogP contribution in [0.2, 0.25) is 0 Å². The highest BCUT2D eigenvalue weighted by atomic mass is 19.1. The maximum atomic E-state index is 12.8. The third kappa shape index (κ3) is 1.73. The van der Waals surface area contributed by atoms with Gasteiger partial charge in [-0.1, -0.05) is 12.1 Å². The number of benzene rings is 1. The van der Waals surface area contributed by atoms with Crippen molar-refractivity contribution in [1.82, 2.24) is 0 Å². The van der Waals surface area contributed by atoms with E-state index in [1.807, 2.05) is 26.8 Å². The molecule has 0 radical (unpaired) electrons. The number of rotatable bonds is 1. The number of aryl methyl sites for hydroxylation is 1. The maximum Gasteiger partial charge on any atom is 0.123 e. The maximum absolute atomic E-state index is 12.8. The van der Waals surface area contributed by atoms with Crippen LogP contribution < -0.4 is 0 Å². The van der Waals surface area contributed by atoms with E-state index in [0.717, 1.165) is 16.7 Å². The Hall–Kier alpha value is -1.11. The Kier molecular flexibility index (Phi) is 2.64. The lowest BCUT2D eigenvalue weighted by atomic mass is 10.0. The van der Waals surface area contributed by atoms with Gasteiger partial charge in [-0.15, -0.1) is 0 Å². The first kappa shape index (κ1) is 8.98. The molecule has 64 valence electrons. The second-order valence-corrected chi connectivity index (χ2v) is 2.93. The zero-order chi connectivity index (χ0) is 9.14. The van der Waals surface area contributed by atoms with E-state index in [0.29, 0.717) is 0 Å². The largest absolute Gasteiger partial charge is 0.207 e. The molecule has 0 saturated carbocycles. The Bertz CT molecular complexity index is 311. The Morgan fingerprint density at radius 2 is 2.08 bits per heavy atom. The van der Waals surface area contributed by atoms with E-state index >= 15 is 0 Å². The van der Waals surface area contributed by atoms with E-state index < -0.39 is 0 Å². The molecule has 1 aromatic carbocycles. The number of hydrogen-bond acceptors (Lipinski definition) is 0. The van der Waals surface area contributed by atoms with Gasteiger partial charge >= 0.3 is 0 Å². The lowest BCUT2D eigenvalue weighted by molar-refractivity contribution is 0.627. The van der Waals surface area contributed by atoms with E-state index in [4.69, 9.17) is 0 Å². The molecule has 0 unspecified atom stereocenters. The second-order valence-electron chi connectivity index (χ2n) is 2.93. The summed E-state index contributed by atoms with van der Waals surface area (Å²) < 4.78 is 12.8. The molecule has 0 spiro atoms. The predicted octanol–water partition coefficient (Wildman–Crippen LogP) is 3.56. The zero-order valence-corrected chi connectivity index (χ0v) is 7.69. The molecule has 0 fully saturated rings. The third-order valence-corrected chi connectivity index (χ3v) is 2.06. The molecule has 0 heterocycles. The van der Waals surface area contributed by atoms with E-state index in [2.05, 4.69) is 0 Å². The predicted molar refractivity (Wildman–Crippen MR) is 50.5 cm³/mol. The van der Waals surface area contributed by atoms with Gasteiger partial charge in [0.05, 0.1) is 0 Å². The number of hydrogen-bond donors (Lipinski definition) is 0. The topological polar surface area (TPSA) is 0 Å². The molecule has 1 aromatic rings. The van der Waals surface area contributed by atoms with Crippen molar-refractivity contribution in [3.63, 3.8) is 0 Å². The van der Waals surface area contributed by atoms with Crippen molar-refractivity contribution in [3.8, 4) is 0 Å².